The quantitative estimate of drug-likeness (QED) is 0.772. The van der Waals surface area contributed by atoms with Gasteiger partial charge >= 0.3 is 6.18 Å². The molecule has 0 bridgehead atoms. The van der Waals surface area contributed by atoms with Crippen LogP contribution >= 0.6 is 12.4 Å². The lowest BCUT2D eigenvalue weighted by Gasteiger charge is -2.20. The second-order valence-corrected chi connectivity index (χ2v) is 6.27. The molecule has 1 fully saturated rings. The first-order valence-corrected chi connectivity index (χ1v) is 7.91. The third-order valence-electron chi connectivity index (χ3n) is 4.42. The van der Waals surface area contributed by atoms with E-state index in [1.165, 1.54) is 6.07 Å². The number of carbonyl (C=O) groups excluding carboxylic acids is 2. The fourth-order valence-corrected chi connectivity index (χ4v) is 3.18. The van der Waals surface area contributed by atoms with Gasteiger partial charge in [0.15, 0.2) is 0 Å². The number of rotatable bonds is 3. The Kier molecular flexibility index (Phi) is 6.13. The number of hydrogen-bond acceptors (Lipinski definition) is 3. The molecule has 10 heteroatoms. The van der Waals surface area contributed by atoms with E-state index in [9.17, 15) is 27.2 Å². The molecule has 144 valence electrons. The predicted octanol–water partition coefficient (Wildman–Crippen LogP) is 2.24. The minimum atomic E-state index is -4.51. The molecule has 2 aliphatic rings. The number of nitrogens with zero attached hydrogens (tertiary/aromatic N) is 1. The van der Waals surface area contributed by atoms with E-state index < -0.39 is 36.3 Å². The number of benzene rings is 1. The van der Waals surface area contributed by atoms with Crippen molar-refractivity contribution in [3.63, 3.8) is 0 Å². The summed E-state index contributed by atoms with van der Waals surface area (Å²) in [5.41, 5.74) is 1.33. The first-order valence-electron chi connectivity index (χ1n) is 7.91. The minimum absolute atomic E-state index is 0. The summed E-state index contributed by atoms with van der Waals surface area (Å²) in [4.78, 5) is 24.5. The molecule has 2 N–H and O–H groups in total. The van der Waals surface area contributed by atoms with Gasteiger partial charge in [0.1, 0.15) is 12.4 Å². The highest BCUT2D eigenvalue weighted by atomic mass is 35.5. The molecular formula is C16H18ClF4N3O2. The zero-order chi connectivity index (χ0) is 18.2. The molecule has 2 aliphatic heterocycles. The number of fused-ring (bicyclic) bond motifs is 1. The molecule has 26 heavy (non-hydrogen) atoms. The molecular weight excluding hydrogens is 378 g/mol. The summed E-state index contributed by atoms with van der Waals surface area (Å²) in [7, 11) is 0. The standard InChI is InChI=1S/C16H17F4N3O2.ClH/c17-14-11-3-4-21-6-9(11)1-2-12(14)22-15(25)10-5-13(24)23(7-10)8-16(18,19)20;/h1-2,10,21H,3-8H2,(H,22,25);1H. The second kappa shape index (κ2) is 7.79. The summed E-state index contributed by atoms with van der Waals surface area (Å²) in [6, 6.07) is 3.14. The maximum absolute atomic E-state index is 14.5. The van der Waals surface area contributed by atoms with Crippen molar-refractivity contribution in [3.05, 3.63) is 29.1 Å². The molecule has 0 saturated carbocycles. The van der Waals surface area contributed by atoms with E-state index in [1.807, 2.05) is 0 Å². The van der Waals surface area contributed by atoms with Crippen LogP contribution in [0, 0.1) is 11.7 Å². The van der Waals surface area contributed by atoms with Gasteiger partial charge in [-0.3, -0.25) is 9.59 Å². The summed E-state index contributed by atoms with van der Waals surface area (Å²) in [5, 5.41) is 5.52. The Bertz CT molecular complexity index is 711. The van der Waals surface area contributed by atoms with Gasteiger partial charge in [0.25, 0.3) is 0 Å². The van der Waals surface area contributed by atoms with E-state index in [2.05, 4.69) is 10.6 Å². The van der Waals surface area contributed by atoms with E-state index in [4.69, 9.17) is 0 Å². The first-order chi connectivity index (χ1) is 11.7. The lowest BCUT2D eigenvalue weighted by molar-refractivity contribution is -0.157. The zero-order valence-electron chi connectivity index (χ0n) is 13.7. The van der Waals surface area contributed by atoms with E-state index in [1.54, 1.807) is 6.07 Å². The normalized spacial score (nSPS) is 19.8. The predicted molar refractivity (Wildman–Crippen MR) is 88.4 cm³/mol. The second-order valence-electron chi connectivity index (χ2n) is 6.27. The Labute approximate surface area is 153 Å². The van der Waals surface area contributed by atoms with Crippen LogP contribution in [0.15, 0.2) is 12.1 Å². The number of likely N-dealkylation sites (tertiary alicyclic amines) is 1. The number of halogens is 5. The summed E-state index contributed by atoms with van der Waals surface area (Å²) < 4.78 is 51.8. The molecule has 0 radical (unpaired) electrons. The molecule has 0 spiro atoms. The fourth-order valence-electron chi connectivity index (χ4n) is 3.18. The van der Waals surface area contributed by atoms with Crippen LogP contribution in [0.4, 0.5) is 23.2 Å². The van der Waals surface area contributed by atoms with Crippen LogP contribution in [0.5, 0.6) is 0 Å². The van der Waals surface area contributed by atoms with Crippen LogP contribution in [-0.4, -0.2) is 42.5 Å². The number of anilines is 1. The smallest absolute Gasteiger partial charge is 0.333 e. The van der Waals surface area contributed by atoms with Gasteiger partial charge in [-0.25, -0.2) is 4.39 Å². The van der Waals surface area contributed by atoms with Crippen molar-refractivity contribution in [1.29, 1.82) is 0 Å². The maximum Gasteiger partial charge on any atom is 0.406 e. The third-order valence-corrected chi connectivity index (χ3v) is 4.42. The van der Waals surface area contributed by atoms with E-state index in [0.29, 0.717) is 30.0 Å². The van der Waals surface area contributed by atoms with Gasteiger partial charge in [-0.2, -0.15) is 13.2 Å². The highest BCUT2D eigenvalue weighted by Crippen LogP contribution is 2.27. The zero-order valence-corrected chi connectivity index (χ0v) is 14.5. The minimum Gasteiger partial charge on any atom is -0.333 e. The van der Waals surface area contributed by atoms with Crippen LogP contribution in [-0.2, 0) is 22.6 Å². The molecule has 1 unspecified atom stereocenters. The molecule has 2 heterocycles. The van der Waals surface area contributed by atoms with Crippen molar-refractivity contribution < 1.29 is 27.2 Å². The average Bonchev–Trinajstić information content (AvgIpc) is 2.89. The Morgan fingerprint density at radius 1 is 1.35 bits per heavy atom. The molecule has 3 rings (SSSR count). The van der Waals surface area contributed by atoms with E-state index in [-0.39, 0.29) is 31.1 Å². The number of amides is 2. The Morgan fingerprint density at radius 3 is 2.77 bits per heavy atom. The summed E-state index contributed by atoms with van der Waals surface area (Å²) in [5.74, 6) is -2.82. The molecule has 1 aromatic rings. The van der Waals surface area contributed by atoms with E-state index >= 15 is 0 Å². The van der Waals surface area contributed by atoms with Crippen molar-refractivity contribution in [1.82, 2.24) is 10.2 Å². The number of hydrogen-bond donors (Lipinski definition) is 2. The van der Waals surface area contributed by atoms with Gasteiger partial charge in [0, 0.05) is 19.5 Å². The van der Waals surface area contributed by atoms with Crippen LogP contribution in [0.3, 0.4) is 0 Å². The largest absolute Gasteiger partial charge is 0.406 e. The van der Waals surface area contributed by atoms with Crippen LogP contribution in [0.2, 0.25) is 0 Å². The number of nitrogens with one attached hydrogen (secondary N) is 2. The van der Waals surface area contributed by atoms with Gasteiger partial charge in [-0.15, -0.1) is 12.4 Å². The van der Waals surface area contributed by atoms with Crippen molar-refractivity contribution in [2.45, 2.75) is 25.6 Å². The monoisotopic (exact) mass is 395 g/mol. The SMILES string of the molecule is Cl.O=C(Nc1ccc2c(c1F)CCNC2)C1CC(=O)N(CC(F)(F)F)C1. The van der Waals surface area contributed by atoms with Gasteiger partial charge in [0.05, 0.1) is 11.6 Å². The van der Waals surface area contributed by atoms with Crippen molar-refractivity contribution in [2.24, 2.45) is 5.92 Å². The highest BCUT2D eigenvalue weighted by molar-refractivity contribution is 5.97. The van der Waals surface area contributed by atoms with Gasteiger partial charge < -0.3 is 15.5 Å². The molecule has 0 aliphatic carbocycles. The highest BCUT2D eigenvalue weighted by Gasteiger charge is 2.40. The summed E-state index contributed by atoms with van der Waals surface area (Å²) in [6.45, 7) is -0.522. The first kappa shape index (κ1) is 20.4. The van der Waals surface area contributed by atoms with E-state index in [0.717, 1.165) is 5.56 Å². The van der Waals surface area contributed by atoms with Gasteiger partial charge in [-0.1, -0.05) is 6.07 Å². The van der Waals surface area contributed by atoms with Crippen molar-refractivity contribution in [2.75, 3.05) is 25.0 Å². The van der Waals surface area contributed by atoms with Crippen molar-refractivity contribution >= 4 is 29.9 Å². The fraction of sp³-hybridized carbons (Fsp3) is 0.500. The van der Waals surface area contributed by atoms with Gasteiger partial charge in [-0.05, 0) is 30.2 Å². The molecule has 1 saturated heterocycles. The van der Waals surface area contributed by atoms with Crippen LogP contribution in [0.1, 0.15) is 17.5 Å². The number of alkyl halides is 3. The molecule has 0 aromatic heterocycles. The van der Waals surface area contributed by atoms with Gasteiger partial charge in [0.2, 0.25) is 11.8 Å². The molecule has 1 atom stereocenters. The Balaban J connectivity index is 0.00000243. The topological polar surface area (TPSA) is 61.4 Å². The van der Waals surface area contributed by atoms with Crippen LogP contribution < -0.4 is 10.6 Å². The summed E-state index contributed by atoms with van der Waals surface area (Å²) in [6.07, 6.45) is -4.33. The van der Waals surface area contributed by atoms with Crippen LogP contribution in [0.25, 0.3) is 0 Å². The third kappa shape index (κ3) is 4.45. The Hall–Kier alpha value is -1.87. The maximum atomic E-state index is 14.5. The average molecular weight is 396 g/mol. The lowest BCUT2D eigenvalue weighted by atomic mass is 9.99. The Morgan fingerprint density at radius 2 is 2.08 bits per heavy atom. The molecule has 2 amide bonds. The molecule has 1 aromatic carbocycles. The summed E-state index contributed by atoms with van der Waals surface area (Å²) >= 11 is 0. The molecule has 5 nitrogen and oxygen atoms in total. The lowest BCUT2D eigenvalue weighted by Crippen LogP contribution is -2.36. The number of carbonyl (C=O) groups is 2. The van der Waals surface area contributed by atoms with Crippen molar-refractivity contribution in [3.8, 4) is 0 Å².